The molecule has 0 aromatic rings. The van der Waals surface area contributed by atoms with Crippen molar-refractivity contribution in [2.24, 2.45) is 5.92 Å². The number of carboxylic acids is 1. The molecule has 2 unspecified atom stereocenters. The third-order valence-corrected chi connectivity index (χ3v) is 3.18. The first-order valence-corrected chi connectivity index (χ1v) is 4.80. The van der Waals surface area contributed by atoms with Crippen LogP contribution in [0.2, 0.25) is 0 Å². The second-order valence-corrected chi connectivity index (χ2v) is 3.94. The fourth-order valence-electron chi connectivity index (χ4n) is 2.49. The number of amides is 1. The van der Waals surface area contributed by atoms with Gasteiger partial charge in [0.25, 0.3) is 0 Å². The fraction of sp³-hybridized carbons (Fsp3) is 0.600. The van der Waals surface area contributed by atoms with Crippen molar-refractivity contribution >= 4 is 11.9 Å². The maximum atomic E-state index is 11.2. The summed E-state index contributed by atoms with van der Waals surface area (Å²) in [7, 11) is 0. The fourth-order valence-corrected chi connectivity index (χ4v) is 2.49. The normalized spacial score (nSPS) is 32.6. The van der Waals surface area contributed by atoms with E-state index in [9.17, 15) is 9.59 Å². The molecule has 1 amide bonds. The van der Waals surface area contributed by atoms with Crippen LogP contribution in [0.1, 0.15) is 19.8 Å². The highest BCUT2D eigenvalue weighted by atomic mass is 16.4. The molecule has 0 aromatic heterocycles. The minimum Gasteiger partial charge on any atom is -0.478 e. The highest BCUT2D eigenvalue weighted by Gasteiger charge is 2.45. The van der Waals surface area contributed by atoms with Gasteiger partial charge in [0.2, 0.25) is 5.91 Å². The van der Waals surface area contributed by atoms with E-state index in [1.807, 2.05) is 4.90 Å². The summed E-state index contributed by atoms with van der Waals surface area (Å²) in [6.07, 6.45) is 2.96. The third kappa shape index (κ3) is 1.31. The number of nitrogens with zero attached hydrogens (tertiary/aromatic N) is 1. The first-order chi connectivity index (χ1) is 6.59. The van der Waals surface area contributed by atoms with Gasteiger partial charge >= 0.3 is 5.97 Å². The number of rotatable bonds is 1. The number of fused-ring (bicyclic) bond motifs is 1. The van der Waals surface area contributed by atoms with Crippen molar-refractivity contribution in [2.45, 2.75) is 25.8 Å². The summed E-state index contributed by atoms with van der Waals surface area (Å²) in [6, 6.07) is 0.276. The van der Waals surface area contributed by atoms with Gasteiger partial charge < -0.3 is 10.0 Å². The Balaban J connectivity index is 2.05. The Morgan fingerprint density at radius 1 is 1.57 bits per heavy atom. The molecule has 1 saturated heterocycles. The van der Waals surface area contributed by atoms with Crippen molar-refractivity contribution < 1.29 is 14.7 Å². The molecular formula is C10H13NO3. The number of aliphatic carboxylic acids is 1. The molecule has 1 aliphatic heterocycles. The maximum absolute atomic E-state index is 11.2. The van der Waals surface area contributed by atoms with Gasteiger partial charge in [-0.05, 0) is 12.8 Å². The summed E-state index contributed by atoms with van der Waals surface area (Å²) in [4.78, 5) is 23.5. The minimum atomic E-state index is -0.875. The van der Waals surface area contributed by atoms with E-state index < -0.39 is 5.97 Å². The second-order valence-electron chi connectivity index (χ2n) is 3.94. The maximum Gasteiger partial charge on any atom is 0.328 e. The van der Waals surface area contributed by atoms with Gasteiger partial charge in [-0.3, -0.25) is 4.79 Å². The number of carbonyl (C=O) groups excluding carboxylic acids is 1. The molecule has 76 valence electrons. The largest absolute Gasteiger partial charge is 0.478 e. The van der Waals surface area contributed by atoms with Gasteiger partial charge in [-0.15, -0.1) is 0 Å². The number of likely N-dealkylation sites (tertiary alicyclic amines) is 1. The molecule has 1 saturated carbocycles. The number of carboxylic acid groups (broad SMARTS) is 1. The lowest BCUT2D eigenvalue weighted by Crippen LogP contribution is -2.43. The Bertz CT molecular complexity index is 321. The van der Waals surface area contributed by atoms with E-state index in [1.54, 1.807) is 6.92 Å². The van der Waals surface area contributed by atoms with Gasteiger partial charge in [0.1, 0.15) is 0 Å². The first-order valence-electron chi connectivity index (χ1n) is 4.80. The second kappa shape index (κ2) is 3.12. The number of carbonyl (C=O) groups is 2. The van der Waals surface area contributed by atoms with E-state index in [0.29, 0.717) is 5.92 Å². The first kappa shape index (κ1) is 9.24. The highest BCUT2D eigenvalue weighted by molar-refractivity contribution is 5.81. The van der Waals surface area contributed by atoms with Crippen molar-refractivity contribution in [3.8, 4) is 0 Å². The lowest BCUT2D eigenvalue weighted by molar-refractivity contribution is -0.131. The van der Waals surface area contributed by atoms with Crippen LogP contribution in [0.3, 0.4) is 0 Å². The zero-order valence-electron chi connectivity index (χ0n) is 8.06. The number of hydrogen-bond acceptors (Lipinski definition) is 2. The van der Waals surface area contributed by atoms with E-state index in [-0.39, 0.29) is 11.9 Å². The minimum absolute atomic E-state index is 0.104. The molecule has 0 radical (unpaired) electrons. The standard InChI is InChI=1S/C10H13NO3/c1-6(12)11-3-2-8-7(4-9(8)11)5-10(13)14/h5,8-9H,2-4H2,1H3,(H,13,14)/b7-5+. The van der Waals surface area contributed by atoms with Crippen LogP contribution >= 0.6 is 0 Å². The SMILES string of the molecule is CC(=O)N1CCC2/C(=C/C(=O)O)CC21. The Morgan fingerprint density at radius 3 is 2.86 bits per heavy atom. The summed E-state index contributed by atoms with van der Waals surface area (Å²) in [5.74, 6) is -0.457. The molecule has 1 heterocycles. The van der Waals surface area contributed by atoms with Gasteiger partial charge in [0.15, 0.2) is 0 Å². The average Bonchev–Trinajstić information content (AvgIpc) is 2.38. The van der Waals surface area contributed by atoms with E-state index >= 15 is 0 Å². The van der Waals surface area contributed by atoms with Crippen LogP contribution in [0, 0.1) is 5.92 Å². The summed E-state index contributed by atoms with van der Waals surface area (Å²) in [5, 5.41) is 8.59. The average molecular weight is 195 g/mol. The smallest absolute Gasteiger partial charge is 0.328 e. The molecule has 0 spiro atoms. The van der Waals surface area contributed by atoms with Crippen LogP contribution in [0.15, 0.2) is 11.6 Å². The molecule has 2 atom stereocenters. The van der Waals surface area contributed by atoms with Crippen molar-refractivity contribution in [1.82, 2.24) is 4.90 Å². The van der Waals surface area contributed by atoms with Gasteiger partial charge in [-0.25, -0.2) is 4.79 Å². The molecule has 4 heteroatoms. The zero-order valence-corrected chi connectivity index (χ0v) is 8.06. The summed E-state index contributed by atoms with van der Waals surface area (Å²) >= 11 is 0. The number of hydrogen-bond donors (Lipinski definition) is 1. The molecule has 2 aliphatic rings. The molecular weight excluding hydrogens is 182 g/mol. The summed E-state index contributed by atoms with van der Waals surface area (Å²) < 4.78 is 0. The van der Waals surface area contributed by atoms with Crippen LogP contribution in [-0.2, 0) is 9.59 Å². The van der Waals surface area contributed by atoms with Crippen LogP contribution in [0.5, 0.6) is 0 Å². The van der Waals surface area contributed by atoms with Crippen LogP contribution in [0.25, 0.3) is 0 Å². The summed E-state index contributed by atoms with van der Waals surface area (Å²) in [5.41, 5.74) is 0.992. The quantitative estimate of drug-likeness (QED) is 0.624. The molecule has 14 heavy (non-hydrogen) atoms. The Kier molecular flexibility index (Phi) is 2.06. The molecule has 1 aliphatic carbocycles. The topological polar surface area (TPSA) is 57.6 Å². The lowest BCUT2D eigenvalue weighted by atomic mass is 9.74. The van der Waals surface area contributed by atoms with Crippen molar-refractivity contribution in [3.63, 3.8) is 0 Å². The van der Waals surface area contributed by atoms with Crippen LogP contribution < -0.4 is 0 Å². The lowest BCUT2D eigenvalue weighted by Gasteiger charge is -2.38. The van der Waals surface area contributed by atoms with Crippen LogP contribution in [-0.4, -0.2) is 34.5 Å². The molecule has 2 rings (SSSR count). The molecule has 4 nitrogen and oxygen atoms in total. The van der Waals surface area contributed by atoms with Gasteiger partial charge in [-0.2, -0.15) is 0 Å². The molecule has 0 bridgehead atoms. The van der Waals surface area contributed by atoms with Gasteiger partial charge in [0.05, 0.1) is 0 Å². The molecule has 2 fully saturated rings. The summed E-state index contributed by atoms with van der Waals surface area (Å²) in [6.45, 7) is 2.35. The Hall–Kier alpha value is -1.32. The predicted octanol–water partition coefficient (Wildman–Crippen LogP) is 0.638. The zero-order chi connectivity index (χ0) is 10.3. The van der Waals surface area contributed by atoms with E-state index in [0.717, 1.165) is 25.0 Å². The Labute approximate surface area is 82.2 Å². The van der Waals surface area contributed by atoms with Crippen molar-refractivity contribution in [1.29, 1.82) is 0 Å². The van der Waals surface area contributed by atoms with Gasteiger partial charge in [-0.1, -0.05) is 5.57 Å². The van der Waals surface area contributed by atoms with Gasteiger partial charge in [0, 0.05) is 31.5 Å². The van der Waals surface area contributed by atoms with Crippen molar-refractivity contribution in [3.05, 3.63) is 11.6 Å². The monoisotopic (exact) mass is 195 g/mol. The van der Waals surface area contributed by atoms with Crippen LogP contribution in [0.4, 0.5) is 0 Å². The van der Waals surface area contributed by atoms with E-state index in [4.69, 9.17) is 5.11 Å². The van der Waals surface area contributed by atoms with E-state index in [1.165, 1.54) is 6.08 Å². The highest BCUT2D eigenvalue weighted by Crippen LogP contribution is 2.44. The van der Waals surface area contributed by atoms with E-state index in [2.05, 4.69) is 0 Å². The third-order valence-electron chi connectivity index (χ3n) is 3.18. The van der Waals surface area contributed by atoms with Crippen molar-refractivity contribution in [2.75, 3.05) is 6.54 Å². The molecule has 0 aromatic carbocycles. The Morgan fingerprint density at radius 2 is 2.29 bits per heavy atom. The predicted molar refractivity (Wildman–Crippen MR) is 49.6 cm³/mol. The molecule has 1 N–H and O–H groups in total.